The number of cyclic esters (lactones) is 1. The van der Waals surface area contributed by atoms with Gasteiger partial charge in [0.2, 0.25) is 11.9 Å². The topological polar surface area (TPSA) is 150 Å². The first kappa shape index (κ1) is 31.8. The van der Waals surface area contributed by atoms with E-state index in [4.69, 9.17) is 4.74 Å². The molecule has 0 radical (unpaired) electrons. The Morgan fingerprint density at radius 2 is 2.13 bits per heavy atom. The lowest BCUT2D eigenvalue weighted by Gasteiger charge is -2.61. The van der Waals surface area contributed by atoms with Crippen molar-refractivity contribution >= 4 is 41.2 Å². The average Bonchev–Trinajstić information content (AvgIpc) is 3.76. The molecule has 46 heavy (non-hydrogen) atoms. The molecule has 0 spiro atoms. The summed E-state index contributed by atoms with van der Waals surface area (Å²) in [7, 11) is 1.94. The van der Waals surface area contributed by atoms with Gasteiger partial charge in [0.15, 0.2) is 0 Å². The maximum Gasteiger partial charge on any atom is 0.343 e. The van der Waals surface area contributed by atoms with Crippen LogP contribution in [0, 0.1) is 22.7 Å². The van der Waals surface area contributed by atoms with Crippen molar-refractivity contribution in [2.45, 2.75) is 58.2 Å². The van der Waals surface area contributed by atoms with Gasteiger partial charge in [0.05, 0.1) is 48.2 Å². The Kier molecular flexibility index (Phi) is 8.43. The second-order valence-corrected chi connectivity index (χ2v) is 13.5. The quantitative estimate of drug-likeness (QED) is 0.272. The predicted octanol–water partition coefficient (Wildman–Crippen LogP) is 3.21. The number of nitrogens with zero attached hydrogens (tertiary/aromatic N) is 4. The van der Waals surface area contributed by atoms with Crippen LogP contribution in [0.3, 0.4) is 0 Å². The number of fused-ring (bicyclic) bond motifs is 2. The van der Waals surface area contributed by atoms with Gasteiger partial charge in [-0.05, 0) is 67.4 Å². The molecule has 4 aliphatic rings. The fourth-order valence-corrected chi connectivity index (χ4v) is 7.77. The Morgan fingerprint density at radius 3 is 2.87 bits per heavy atom. The van der Waals surface area contributed by atoms with E-state index in [1.54, 1.807) is 31.6 Å². The van der Waals surface area contributed by atoms with Crippen LogP contribution in [0.25, 0.3) is 17.1 Å². The van der Waals surface area contributed by atoms with E-state index in [1.165, 1.54) is 0 Å². The third-order valence-corrected chi connectivity index (χ3v) is 10.6. The largest absolute Gasteiger partial charge is 0.423 e. The third-order valence-electron chi connectivity index (χ3n) is 10.6. The van der Waals surface area contributed by atoms with Crippen LogP contribution >= 0.6 is 0 Å². The molecule has 6 rings (SSSR count). The van der Waals surface area contributed by atoms with Crippen molar-refractivity contribution in [1.82, 2.24) is 20.2 Å². The van der Waals surface area contributed by atoms with E-state index in [0.29, 0.717) is 43.1 Å². The average molecular weight is 627 g/mol. The molecular formula is C35H42N6O5. The molecule has 2 aromatic rings. The maximum absolute atomic E-state index is 13.0. The zero-order chi connectivity index (χ0) is 32.8. The molecule has 4 unspecified atom stereocenters. The van der Waals surface area contributed by atoms with E-state index in [1.807, 2.05) is 48.9 Å². The molecular weight excluding hydrogens is 584 g/mol. The molecule has 2 fully saturated rings. The highest BCUT2D eigenvalue weighted by atomic mass is 16.5. The summed E-state index contributed by atoms with van der Waals surface area (Å²) in [5.74, 6) is -0.293. The summed E-state index contributed by atoms with van der Waals surface area (Å²) >= 11 is 0. The van der Waals surface area contributed by atoms with Gasteiger partial charge in [-0.1, -0.05) is 44.2 Å². The van der Waals surface area contributed by atoms with Crippen LogP contribution < -0.4 is 10.6 Å². The van der Waals surface area contributed by atoms with E-state index in [-0.39, 0.29) is 35.8 Å². The van der Waals surface area contributed by atoms with Crippen LogP contribution in [0.5, 0.6) is 0 Å². The van der Waals surface area contributed by atoms with Gasteiger partial charge in [0.25, 0.3) is 0 Å². The highest BCUT2D eigenvalue weighted by Crippen LogP contribution is 2.61. The van der Waals surface area contributed by atoms with E-state index >= 15 is 0 Å². The number of guanidine groups is 1. The minimum absolute atomic E-state index is 0.105. The Labute approximate surface area is 268 Å². The fraction of sp³-hybridized carbons (Fsp3) is 0.457. The number of allylic oxidation sites excluding steroid dienone is 2. The predicted molar refractivity (Wildman–Crippen MR) is 177 cm³/mol. The second kappa shape index (κ2) is 12.2. The van der Waals surface area contributed by atoms with Gasteiger partial charge >= 0.3 is 5.97 Å². The number of aryl methyl sites for hydroxylation is 1. The summed E-state index contributed by atoms with van der Waals surface area (Å²) in [5.41, 5.74) is 2.92. The van der Waals surface area contributed by atoms with Gasteiger partial charge in [-0.2, -0.15) is 0 Å². The molecule has 2 aliphatic carbocycles. The Bertz CT molecular complexity index is 1740. The lowest BCUT2D eigenvalue weighted by molar-refractivity contribution is -0.149. The molecule has 2 aliphatic heterocycles. The SMILES string of the molecule is C=C1C(NC(C)C(=O)NC2=NCC=N2)CC2[C@](C)(CC[C@@H](O)[C@@]2(C)CO)C1/C=C/C1=CC(=C\c2ccc3c(c2)ncn3C)/OC1=O. The first-order valence-corrected chi connectivity index (χ1v) is 15.8. The normalized spacial score (nSPS) is 32.5. The first-order valence-electron chi connectivity index (χ1n) is 15.8. The molecule has 1 aromatic heterocycles. The molecule has 0 saturated heterocycles. The number of amides is 1. The van der Waals surface area contributed by atoms with Crippen LogP contribution in [-0.4, -0.2) is 75.2 Å². The van der Waals surface area contributed by atoms with E-state index in [2.05, 4.69) is 39.1 Å². The number of hydrogen-bond acceptors (Lipinski definition) is 9. The molecule has 11 heteroatoms. The number of aliphatic hydroxyl groups excluding tert-OH is 2. The number of aliphatic hydroxyl groups is 2. The highest BCUT2D eigenvalue weighted by molar-refractivity contribution is 6.04. The van der Waals surface area contributed by atoms with Crippen molar-refractivity contribution in [3.63, 3.8) is 0 Å². The fourth-order valence-electron chi connectivity index (χ4n) is 7.77. The van der Waals surface area contributed by atoms with Gasteiger partial charge in [0.1, 0.15) is 5.76 Å². The standard InChI is InChI=1S/C35H42N6O5/c1-20-25(8-7-23-16-24(46-32(23)45)14-22-6-9-28-27(15-22)38-19-41(28)5)34(3)11-10-30(43)35(4,18-42)29(34)17-26(20)39-21(2)31(44)40-33-36-12-13-37-33/h6-9,12,14-16,19,21,25-26,29-30,39,42-43H,1,10-11,13,17-18H2,2-5H3,(H,37,40,44)/b8-7+,24-14+/t21?,25?,26?,29?,30-,34-,35+/m1/s1. The number of imidazole rings is 1. The summed E-state index contributed by atoms with van der Waals surface area (Å²) in [4.78, 5) is 38.6. The van der Waals surface area contributed by atoms with Crippen molar-refractivity contribution in [3.05, 3.63) is 71.8 Å². The van der Waals surface area contributed by atoms with E-state index < -0.39 is 23.5 Å². The van der Waals surface area contributed by atoms with Gasteiger partial charge in [-0.3, -0.25) is 15.4 Å². The van der Waals surface area contributed by atoms with Crippen LogP contribution in [0.1, 0.15) is 45.6 Å². The molecule has 242 valence electrons. The molecule has 3 heterocycles. The molecule has 11 nitrogen and oxygen atoms in total. The highest BCUT2D eigenvalue weighted by Gasteiger charge is 2.59. The number of ether oxygens (including phenoxy) is 1. The van der Waals surface area contributed by atoms with Crippen LogP contribution in [0.15, 0.2) is 76.2 Å². The number of aliphatic imine (C=N–C) groups is 2. The third kappa shape index (κ3) is 5.67. The van der Waals surface area contributed by atoms with Crippen molar-refractivity contribution in [2.24, 2.45) is 39.7 Å². The summed E-state index contributed by atoms with van der Waals surface area (Å²) < 4.78 is 7.55. The molecule has 4 N–H and O–H groups in total. The van der Waals surface area contributed by atoms with Crippen LogP contribution in [0.4, 0.5) is 0 Å². The minimum Gasteiger partial charge on any atom is -0.423 e. The maximum atomic E-state index is 13.0. The number of rotatable bonds is 7. The lowest BCUT2D eigenvalue weighted by Crippen LogP contribution is -2.62. The monoisotopic (exact) mass is 626 g/mol. The van der Waals surface area contributed by atoms with Gasteiger partial charge < -0.3 is 19.5 Å². The molecule has 1 amide bonds. The summed E-state index contributed by atoms with van der Waals surface area (Å²) in [6.07, 6.45) is 11.9. The number of carbonyl (C=O) groups excluding carboxylic acids is 2. The summed E-state index contributed by atoms with van der Waals surface area (Å²) in [5, 5.41) is 27.9. The Hall–Kier alpha value is -4.19. The molecule has 1 aromatic carbocycles. The number of benzene rings is 1. The zero-order valence-electron chi connectivity index (χ0n) is 26.7. The lowest BCUT2D eigenvalue weighted by atomic mass is 9.45. The smallest absolute Gasteiger partial charge is 0.343 e. The number of esters is 1. The van der Waals surface area contributed by atoms with E-state index in [0.717, 1.165) is 22.2 Å². The van der Waals surface area contributed by atoms with Gasteiger partial charge in [-0.25, -0.2) is 19.8 Å². The zero-order valence-corrected chi connectivity index (χ0v) is 26.7. The van der Waals surface area contributed by atoms with Crippen molar-refractivity contribution in [2.75, 3.05) is 13.2 Å². The molecule has 2 saturated carbocycles. The van der Waals surface area contributed by atoms with Crippen molar-refractivity contribution in [1.29, 1.82) is 0 Å². The van der Waals surface area contributed by atoms with Crippen LogP contribution in [0.2, 0.25) is 0 Å². The number of nitrogens with one attached hydrogen (secondary N) is 2. The van der Waals surface area contributed by atoms with Crippen LogP contribution in [-0.2, 0) is 21.4 Å². The second-order valence-electron chi connectivity index (χ2n) is 13.5. The van der Waals surface area contributed by atoms with Crippen molar-refractivity contribution < 1.29 is 24.5 Å². The van der Waals surface area contributed by atoms with Gasteiger partial charge in [0, 0.05) is 30.6 Å². The number of hydrogen-bond donors (Lipinski definition) is 4. The summed E-state index contributed by atoms with van der Waals surface area (Å²) in [6.45, 7) is 10.7. The van der Waals surface area contributed by atoms with Crippen molar-refractivity contribution in [3.8, 4) is 0 Å². The Balaban J connectivity index is 1.27. The molecule has 7 atom stereocenters. The molecule has 0 bridgehead atoms. The Morgan fingerprint density at radius 1 is 1.33 bits per heavy atom. The summed E-state index contributed by atoms with van der Waals surface area (Å²) in [6, 6.07) is 5.00. The van der Waals surface area contributed by atoms with E-state index in [9.17, 15) is 19.8 Å². The number of carbonyl (C=O) groups is 2. The first-order chi connectivity index (χ1) is 21.9. The van der Waals surface area contributed by atoms with Gasteiger partial charge in [-0.15, -0.1) is 0 Å². The minimum atomic E-state index is -0.755. The number of aromatic nitrogens is 2.